The topological polar surface area (TPSA) is 60.7 Å². The Morgan fingerprint density at radius 2 is 0.895 bits per heavy atom. The van der Waals surface area contributed by atoms with Crippen LogP contribution in [0.15, 0.2) is 109 Å². The first-order valence-corrected chi connectivity index (χ1v) is 13.6. The van der Waals surface area contributed by atoms with Crippen LogP contribution in [0.5, 0.6) is 5.75 Å². The van der Waals surface area contributed by atoms with E-state index in [4.69, 9.17) is 0 Å². The fraction of sp³-hybridized carbons (Fsp3) is 0.314. The molecule has 2 atom stereocenters. The van der Waals surface area contributed by atoms with Crippen LogP contribution in [0.3, 0.4) is 0 Å². The monoisotopic (exact) mass is 512 g/mol. The molecule has 0 spiro atoms. The average molecular weight is 513 g/mol. The van der Waals surface area contributed by atoms with Gasteiger partial charge in [0, 0.05) is 12.8 Å². The van der Waals surface area contributed by atoms with Gasteiger partial charge in [0.05, 0.1) is 11.2 Å². The lowest BCUT2D eigenvalue weighted by Crippen LogP contribution is -2.24. The summed E-state index contributed by atoms with van der Waals surface area (Å²) in [6.07, 6.45) is 3.44. The van der Waals surface area contributed by atoms with Crippen molar-refractivity contribution in [2.75, 3.05) is 0 Å². The van der Waals surface area contributed by atoms with E-state index < -0.39 is 11.2 Å². The molecule has 2 unspecified atom stereocenters. The van der Waals surface area contributed by atoms with Crippen molar-refractivity contribution in [3.63, 3.8) is 0 Å². The van der Waals surface area contributed by atoms with E-state index in [0.29, 0.717) is 12.8 Å². The van der Waals surface area contributed by atoms with Gasteiger partial charge in [-0.05, 0) is 60.2 Å². The average Bonchev–Trinajstić information content (AvgIpc) is 2.92. The molecule has 202 valence electrons. The van der Waals surface area contributed by atoms with Gasteiger partial charge in [-0.15, -0.1) is 0 Å². The molecule has 3 N–H and O–H groups in total. The zero-order valence-electron chi connectivity index (χ0n) is 23.6. The molecule has 3 heteroatoms. The van der Waals surface area contributed by atoms with Crippen molar-refractivity contribution in [1.29, 1.82) is 0 Å². The second-order valence-corrected chi connectivity index (χ2v) is 9.87. The Morgan fingerprint density at radius 3 is 1.26 bits per heavy atom. The van der Waals surface area contributed by atoms with Crippen LogP contribution >= 0.6 is 0 Å². The van der Waals surface area contributed by atoms with Crippen molar-refractivity contribution in [1.82, 2.24) is 0 Å². The van der Waals surface area contributed by atoms with E-state index in [9.17, 15) is 15.3 Å². The highest BCUT2D eigenvalue weighted by Gasteiger charge is 2.24. The predicted molar refractivity (Wildman–Crippen MR) is 159 cm³/mol. The lowest BCUT2D eigenvalue weighted by Gasteiger charge is -2.24. The predicted octanol–water partition coefficient (Wildman–Crippen LogP) is 7.96. The Kier molecular flexibility index (Phi) is 12.3. The summed E-state index contributed by atoms with van der Waals surface area (Å²) in [5.41, 5.74) is 3.63. The molecule has 0 heterocycles. The molecule has 38 heavy (non-hydrogen) atoms. The molecule has 0 fully saturated rings. The van der Waals surface area contributed by atoms with E-state index in [0.717, 1.165) is 35.1 Å². The molecule has 4 aromatic carbocycles. The second-order valence-electron chi connectivity index (χ2n) is 9.87. The number of hydrogen-bond acceptors (Lipinski definition) is 3. The van der Waals surface area contributed by atoms with Crippen molar-refractivity contribution in [2.24, 2.45) is 0 Å². The number of phenols is 1. The molecule has 0 bridgehead atoms. The smallest absolute Gasteiger partial charge is 0.115 e. The molecule has 0 saturated carbocycles. The zero-order valence-corrected chi connectivity index (χ0v) is 23.6. The van der Waals surface area contributed by atoms with Gasteiger partial charge in [0.25, 0.3) is 0 Å². The highest BCUT2D eigenvalue weighted by molar-refractivity contribution is 5.32. The van der Waals surface area contributed by atoms with Crippen LogP contribution in [0.25, 0.3) is 0 Å². The summed E-state index contributed by atoms with van der Waals surface area (Å²) < 4.78 is 0. The van der Waals surface area contributed by atoms with Crippen molar-refractivity contribution < 1.29 is 15.3 Å². The Bertz CT molecular complexity index is 1160. The molecule has 0 amide bonds. The van der Waals surface area contributed by atoms with E-state index in [1.165, 1.54) is 5.56 Å². The second kappa shape index (κ2) is 15.1. The van der Waals surface area contributed by atoms with Gasteiger partial charge in [-0.3, -0.25) is 0 Å². The summed E-state index contributed by atoms with van der Waals surface area (Å²) in [6, 6.07) is 35.0. The van der Waals surface area contributed by atoms with Gasteiger partial charge in [-0.1, -0.05) is 124 Å². The van der Waals surface area contributed by atoms with Crippen LogP contribution in [0.2, 0.25) is 0 Å². The van der Waals surface area contributed by atoms with Gasteiger partial charge < -0.3 is 15.3 Å². The van der Waals surface area contributed by atoms with Crippen molar-refractivity contribution in [3.05, 3.63) is 137 Å². The largest absolute Gasteiger partial charge is 0.508 e. The van der Waals surface area contributed by atoms with Crippen LogP contribution in [-0.2, 0) is 30.5 Å². The molecule has 0 aliphatic rings. The van der Waals surface area contributed by atoms with Crippen LogP contribution in [0.1, 0.15) is 68.9 Å². The normalized spacial score (nSPS) is 13.6. The summed E-state index contributed by atoms with van der Waals surface area (Å²) in [7, 11) is 0. The van der Waals surface area contributed by atoms with E-state index >= 15 is 0 Å². The zero-order chi connectivity index (χ0) is 28.0. The highest BCUT2D eigenvalue weighted by atomic mass is 16.3. The van der Waals surface area contributed by atoms with E-state index in [-0.39, 0.29) is 5.75 Å². The van der Waals surface area contributed by atoms with Gasteiger partial charge in [-0.25, -0.2) is 0 Å². The quantitative estimate of drug-likeness (QED) is 0.224. The number of aromatic hydroxyl groups is 1. The lowest BCUT2D eigenvalue weighted by molar-refractivity contribution is 0.0571. The van der Waals surface area contributed by atoms with Crippen LogP contribution < -0.4 is 0 Å². The minimum absolute atomic E-state index is 0.212. The maximum Gasteiger partial charge on any atom is 0.115 e. The summed E-state index contributed by atoms with van der Waals surface area (Å²) in [4.78, 5) is 0. The minimum atomic E-state index is -0.922. The first kappa shape index (κ1) is 30.8. The van der Waals surface area contributed by atoms with Gasteiger partial charge in [0.1, 0.15) is 5.75 Å². The van der Waals surface area contributed by atoms with Crippen LogP contribution in [-0.4, -0.2) is 15.3 Å². The highest BCUT2D eigenvalue weighted by Crippen LogP contribution is 2.27. The summed E-state index contributed by atoms with van der Waals surface area (Å²) in [6.45, 7) is 9.85. The third kappa shape index (κ3) is 9.81. The van der Waals surface area contributed by atoms with Gasteiger partial charge in [-0.2, -0.15) is 0 Å². The Hall–Kier alpha value is -3.40. The van der Waals surface area contributed by atoms with Crippen LogP contribution in [0, 0.1) is 0 Å². The van der Waals surface area contributed by atoms with E-state index in [2.05, 4.69) is 31.2 Å². The summed E-state index contributed by atoms with van der Waals surface area (Å²) in [5, 5.41) is 30.3. The third-order valence-electron chi connectivity index (χ3n) is 6.39. The molecule has 0 aromatic heterocycles. The molecule has 4 rings (SSSR count). The fourth-order valence-corrected chi connectivity index (χ4v) is 4.33. The van der Waals surface area contributed by atoms with Crippen molar-refractivity contribution >= 4 is 0 Å². The standard InChI is InChI=1S/C18H22O.C15H16O2.C2H6/c1-3-7-15-10-12-17(13-11-15)18(2,19)14-16-8-5-4-6-9-16;1-15(17,11-12-5-3-2-4-6-12)13-7-9-14(16)10-8-13;1-2/h4-6,8-13,19H,3,7,14H2,1-2H3;2-10,16-17H,11H2,1H3;1-2H3. The van der Waals surface area contributed by atoms with E-state index in [1.807, 2.05) is 81.4 Å². The maximum absolute atomic E-state index is 10.7. The van der Waals surface area contributed by atoms with Crippen LogP contribution in [0.4, 0.5) is 0 Å². The summed E-state index contributed by atoms with van der Waals surface area (Å²) in [5.74, 6) is 0.212. The number of hydrogen-bond donors (Lipinski definition) is 3. The number of rotatable bonds is 8. The Labute approximate surface area is 229 Å². The molecule has 0 radical (unpaired) electrons. The fourth-order valence-electron chi connectivity index (χ4n) is 4.33. The van der Waals surface area contributed by atoms with Crippen molar-refractivity contribution in [2.45, 2.75) is 71.5 Å². The first-order chi connectivity index (χ1) is 18.2. The minimum Gasteiger partial charge on any atom is -0.508 e. The lowest BCUT2D eigenvalue weighted by atomic mass is 9.88. The SMILES string of the molecule is CC.CC(O)(Cc1ccccc1)c1ccc(O)cc1.CCCc1ccc(C(C)(O)Cc2ccccc2)cc1. The van der Waals surface area contributed by atoms with E-state index in [1.54, 1.807) is 31.2 Å². The number of benzene rings is 4. The van der Waals surface area contributed by atoms with Crippen molar-refractivity contribution in [3.8, 4) is 5.75 Å². The van der Waals surface area contributed by atoms with Gasteiger partial charge in [0.2, 0.25) is 0 Å². The molecule has 0 aliphatic heterocycles. The molecular weight excluding hydrogens is 468 g/mol. The van der Waals surface area contributed by atoms with Gasteiger partial charge >= 0.3 is 0 Å². The number of aliphatic hydroxyl groups is 2. The molecule has 0 saturated heterocycles. The first-order valence-electron chi connectivity index (χ1n) is 13.6. The molecular formula is C35H44O3. The maximum atomic E-state index is 10.7. The Balaban J connectivity index is 0.000000252. The molecule has 0 aliphatic carbocycles. The molecule has 3 nitrogen and oxygen atoms in total. The van der Waals surface area contributed by atoms with Gasteiger partial charge in [0.15, 0.2) is 0 Å². The number of phenolic OH excluding ortho intramolecular Hbond substituents is 1. The molecule has 4 aromatic rings. The Morgan fingerprint density at radius 1 is 0.526 bits per heavy atom. The third-order valence-corrected chi connectivity index (χ3v) is 6.39. The summed E-state index contributed by atoms with van der Waals surface area (Å²) >= 11 is 0. The number of aryl methyl sites for hydroxylation is 1.